The molecule has 154 valence electrons. The SMILES string of the molecule is Cc1ccc(F)cc1NC(=O)C(C)N1CCN(C(=O)c2ccc(F)c(F)c2)CC1. The fourth-order valence-corrected chi connectivity index (χ4v) is 3.26. The topological polar surface area (TPSA) is 52.7 Å². The quantitative estimate of drug-likeness (QED) is 0.850. The van der Waals surface area contributed by atoms with Crippen molar-refractivity contribution in [1.82, 2.24) is 9.80 Å². The van der Waals surface area contributed by atoms with Crippen molar-refractivity contribution in [3.05, 3.63) is 65.0 Å². The van der Waals surface area contributed by atoms with Crippen molar-refractivity contribution in [1.29, 1.82) is 0 Å². The van der Waals surface area contributed by atoms with Crippen LogP contribution in [0.1, 0.15) is 22.8 Å². The zero-order chi connectivity index (χ0) is 21.1. The van der Waals surface area contributed by atoms with Crippen molar-refractivity contribution in [2.24, 2.45) is 0 Å². The molecule has 2 aromatic rings. The minimum atomic E-state index is -1.06. The molecular weight excluding hydrogens is 383 g/mol. The number of piperazine rings is 1. The van der Waals surface area contributed by atoms with E-state index in [0.29, 0.717) is 31.9 Å². The van der Waals surface area contributed by atoms with Crippen LogP contribution in [0.5, 0.6) is 0 Å². The van der Waals surface area contributed by atoms with Gasteiger partial charge in [-0.25, -0.2) is 13.2 Å². The molecule has 1 aliphatic heterocycles. The highest BCUT2D eigenvalue weighted by atomic mass is 19.2. The second kappa shape index (κ2) is 8.65. The lowest BCUT2D eigenvalue weighted by Gasteiger charge is -2.37. The molecule has 1 saturated heterocycles. The fraction of sp³-hybridized carbons (Fsp3) is 0.333. The van der Waals surface area contributed by atoms with Gasteiger partial charge in [-0.2, -0.15) is 0 Å². The van der Waals surface area contributed by atoms with Gasteiger partial charge < -0.3 is 10.2 Å². The smallest absolute Gasteiger partial charge is 0.254 e. The molecule has 1 N–H and O–H groups in total. The number of nitrogens with one attached hydrogen (secondary N) is 1. The van der Waals surface area contributed by atoms with Crippen molar-refractivity contribution in [2.75, 3.05) is 31.5 Å². The van der Waals surface area contributed by atoms with E-state index in [0.717, 1.165) is 17.7 Å². The van der Waals surface area contributed by atoms with Crippen molar-refractivity contribution < 1.29 is 22.8 Å². The van der Waals surface area contributed by atoms with E-state index < -0.39 is 23.5 Å². The summed E-state index contributed by atoms with van der Waals surface area (Å²) in [5, 5.41) is 2.74. The summed E-state index contributed by atoms with van der Waals surface area (Å²) in [5.74, 6) is -3.13. The van der Waals surface area contributed by atoms with Crippen LogP contribution < -0.4 is 5.32 Å². The lowest BCUT2D eigenvalue weighted by Crippen LogP contribution is -2.54. The average molecular weight is 405 g/mol. The molecular formula is C21H22F3N3O2. The van der Waals surface area contributed by atoms with Crippen LogP contribution >= 0.6 is 0 Å². The third-order valence-electron chi connectivity index (χ3n) is 5.15. The van der Waals surface area contributed by atoms with Gasteiger partial charge in [0.2, 0.25) is 5.91 Å². The third-order valence-corrected chi connectivity index (χ3v) is 5.15. The second-order valence-electron chi connectivity index (χ2n) is 7.08. The van der Waals surface area contributed by atoms with Crippen LogP contribution in [0.4, 0.5) is 18.9 Å². The first kappa shape index (κ1) is 20.9. The Morgan fingerprint density at radius 1 is 0.966 bits per heavy atom. The maximum Gasteiger partial charge on any atom is 0.254 e. The van der Waals surface area contributed by atoms with E-state index in [1.165, 1.54) is 18.2 Å². The van der Waals surface area contributed by atoms with Gasteiger partial charge in [-0.1, -0.05) is 6.07 Å². The van der Waals surface area contributed by atoms with E-state index in [2.05, 4.69) is 5.32 Å². The summed E-state index contributed by atoms with van der Waals surface area (Å²) in [5.41, 5.74) is 1.27. The van der Waals surface area contributed by atoms with E-state index in [4.69, 9.17) is 0 Å². The Hall–Kier alpha value is -2.87. The number of nitrogens with zero attached hydrogens (tertiary/aromatic N) is 2. The highest BCUT2D eigenvalue weighted by Crippen LogP contribution is 2.18. The highest BCUT2D eigenvalue weighted by Gasteiger charge is 2.28. The van der Waals surface area contributed by atoms with Gasteiger partial charge in [-0.15, -0.1) is 0 Å². The number of halogens is 3. The van der Waals surface area contributed by atoms with Crippen LogP contribution in [0, 0.1) is 24.4 Å². The Bertz CT molecular complexity index is 927. The van der Waals surface area contributed by atoms with Crippen LogP contribution in [-0.2, 0) is 4.79 Å². The van der Waals surface area contributed by atoms with E-state index in [1.807, 2.05) is 4.90 Å². The molecule has 3 rings (SSSR count). The van der Waals surface area contributed by atoms with Gasteiger partial charge in [0.05, 0.1) is 6.04 Å². The zero-order valence-electron chi connectivity index (χ0n) is 16.2. The number of benzene rings is 2. The van der Waals surface area contributed by atoms with Gasteiger partial charge in [0.15, 0.2) is 11.6 Å². The van der Waals surface area contributed by atoms with Crippen LogP contribution in [0.15, 0.2) is 36.4 Å². The van der Waals surface area contributed by atoms with Crippen LogP contribution in [0.2, 0.25) is 0 Å². The van der Waals surface area contributed by atoms with Gasteiger partial charge in [0, 0.05) is 37.4 Å². The maximum absolute atomic E-state index is 13.4. The summed E-state index contributed by atoms with van der Waals surface area (Å²) < 4.78 is 39.8. The number of rotatable bonds is 4. The normalized spacial score (nSPS) is 15.8. The molecule has 2 amide bonds. The van der Waals surface area contributed by atoms with Crippen molar-refractivity contribution in [2.45, 2.75) is 19.9 Å². The largest absolute Gasteiger partial charge is 0.336 e. The molecule has 0 spiro atoms. The fourth-order valence-electron chi connectivity index (χ4n) is 3.26. The van der Waals surface area contributed by atoms with Crippen LogP contribution in [-0.4, -0.2) is 53.8 Å². The zero-order valence-corrected chi connectivity index (χ0v) is 16.2. The molecule has 0 aliphatic carbocycles. The predicted molar refractivity (Wildman–Crippen MR) is 103 cm³/mol. The molecule has 2 aromatic carbocycles. The van der Waals surface area contributed by atoms with E-state index in [1.54, 1.807) is 24.8 Å². The first-order valence-electron chi connectivity index (χ1n) is 9.31. The minimum absolute atomic E-state index is 0.0877. The number of carbonyl (C=O) groups excluding carboxylic acids is 2. The number of aryl methyl sites for hydroxylation is 1. The number of hydrogen-bond acceptors (Lipinski definition) is 3. The lowest BCUT2D eigenvalue weighted by atomic mass is 10.1. The highest BCUT2D eigenvalue weighted by molar-refractivity contribution is 5.95. The number of anilines is 1. The number of amides is 2. The summed E-state index contributed by atoms with van der Waals surface area (Å²) in [7, 11) is 0. The Morgan fingerprint density at radius 2 is 1.66 bits per heavy atom. The Morgan fingerprint density at radius 3 is 2.31 bits per heavy atom. The maximum atomic E-state index is 13.4. The molecule has 5 nitrogen and oxygen atoms in total. The van der Waals surface area contributed by atoms with Crippen LogP contribution in [0.3, 0.4) is 0 Å². The Balaban J connectivity index is 1.58. The van der Waals surface area contributed by atoms with Gasteiger partial charge >= 0.3 is 0 Å². The first-order chi connectivity index (χ1) is 13.8. The Labute approximate surface area is 167 Å². The van der Waals surface area contributed by atoms with Crippen LogP contribution in [0.25, 0.3) is 0 Å². The summed E-state index contributed by atoms with van der Waals surface area (Å²) in [6, 6.07) is 6.80. The first-order valence-corrected chi connectivity index (χ1v) is 9.31. The molecule has 0 bridgehead atoms. The molecule has 1 aliphatic rings. The molecule has 1 fully saturated rings. The second-order valence-corrected chi connectivity index (χ2v) is 7.08. The average Bonchev–Trinajstić information content (AvgIpc) is 2.71. The van der Waals surface area contributed by atoms with Gasteiger partial charge in [-0.05, 0) is 49.7 Å². The lowest BCUT2D eigenvalue weighted by molar-refractivity contribution is -0.121. The van der Waals surface area contributed by atoms with Crippen molar-refractivity contribution in [3.8, 4) is 0 Å². The standard InChI is InChI=1S/C21H22F3N3O2/c1-13-3-5-16(22)12-19(13)25-20(28)14(2)26-7-9-27(10-8-26)21(29)15-4-6-17(23)18(24)11-15/h3-6,11-12,14H,7-10H2,1-2H3,(H,25,28). The molecule has 1 atom stereocenters. The summed E-state index contributed by atoms with van der Waals surface area (Å²) in [6.07, 6.45) is 0. The summed E-state index contributed by atoms with van der Waals surface area (Å²) in [4.78, 5) is 28.5. The number of hydrogen-bond donors (Lipinski definition) is 1. The molecule has 29 heavy (non-hydrogen) atoms. The Kier molecular flexibility index (Phi) is 6.22. The van der Waals surface area contributed by atoms with Gasteiger partial charge in [-0.3, -0.25) is 14.5 Å². The molecule has 0 radical (unpaired) electrons. The van der Waals surface area contributed by atoms with E-state index >= 15 is 0 Å². The van der Waals surface area contributed by atoms with Crippen molar-refractivity contribution in [3.63, 3.8) is 0 Å². The predicted octanol–water partition coefficient (Wildman–Crippen LogP) is 3.20. The molecule has 0 aromatic heterocycles. The summed E-state index contributed by atoms with van der Waals surface area (Å²) >= 11 is 0. The van der Waals surface area contributed by atoms with Gasteiger partial charge in [0.25, 0.3) is 5.91 Å². The van der Waals surface area contributed by atoms with Gasteiger partial charge in [0.1, 0.15) is 5.82 Å². The van der Waals surface area contributed by atoms with E-state index in [-0.39, 0.29) is 17.4 Å². The van der Waals surface area contributed by atoms with Crippen molar-refractivity contribution >= 4 is 17.5 Å². The molecule has 8 heteroatoms. The third kappa shape index (κ3) is 4.76. The molecule has 1 heterocycles. The molecule has 0 saturated carbocycles. The summed E-state index contributed by atoms with van der Waals surface area (Å²) in [6.45, 7) is 5.14. The minimum Gasteiger partial charge on any atom is -0.336 e. The monoisotopic (exact) mass is 405 g/mol. The number of carbonyl (C=O) groups is 2. The molecule has 1 unspecified atom stereocenters. The van der Waals surface area contributed by atoms with E-state index in [9.17, 15) is 22.8 Å².